The van der Waals surface area contributed by atoms with Gasteiger partial charge in [0.05, 0.1) is 11.8 Å². The van der Waals surface area contributed by atoms with Gasteiger partial charge in [0.25, 0.3) is 5.91 Å². The molecule has 0 saturated heterocycles. The SMILES string of the molecule is Cn1cc(C(=O)NCc2ccc(Br)cc2Cl)cn1. The van der Waals surface area contributed by atoms with Crippen molar-refractivity contribution in [3.8, 4) is 0 Å². The molecule has 0 bridgehead atoms. The fourth-order valence-corrected chi connectivity index (χ4v) is 2.22. The third-order valence-corrected chi connectivity index (χ3v) is 3.27. The Morgan fingerprint density at radius 1 is 1.56 bits per heavy atom. The lowest BCUT2D eigenvalue weighted by Gasteiger charge is -2.06. The maximum Gasteiger partial charge on any atom is 0.254 e. The number of aromatic nitrogens is 2. The molecule has 1 heterocycles. The molecule has 6 heteroatoms. The minimum atomic E-state index is -0.165. The van der Waals surface area contributed by atoms with E-state index in [2.05, 4.69) is 26.3 Å². The standard InChI is InChI=1S/C12H11BrClN3O/c1-17-7-9(6-16-17)12(18)15-5-8-2-3-10(13)4-11(8)14/h2-4,6-7H,5H2,1H3,(H,15,18). The fourth-order valence-electron chi connectivity index (χ4n) is 1.48. The first-order chi connectivity index (χ1) is 8.56. The molecule has 0 aliphatic rings. The molecule has 2 rings (SSSR count). The summed E-state index contributed by atoms with van der Waals surface area (Å²) in [5, 5.41) is 7.36. The smallest absolute Gasteiger partial charge is 0.254 e. The van der Waals surface area contributed by atoms with Crippen LogP contribution in [0.1, 0.15) is 15.9 Å². The maximum absolute atomic E-state index is 11.8. The van der Waals surface area contributed by atoms with Crippen molar-refractivity contribution in [2.75, 3.05) is 0 Å². The summed E-state index contributed by atoms with van der Waals surface area (Å²) in [6.45, 7) is 0.389. The Balaban J connectivity index is 2.01. The van der Waals surface area contributed by atoms with Gasteiger partial charge in [-0.15, -0.1) is 0 Å². The second-order valence-electron chi connectivity index (χ2n) is 3.82. The molecule has 18 heavy (non-hydrogen) atoms. The molecule has 94 valence electrons. The van der Waals surface area contributed by atoms with Gasteiger partial charge in [0.15, 0.2) is 0 Å². The van der Waals surface area contributed by atoms with Gasteiger partial charge in [-0.3, -0.25) is 9.48 Å². The number of aryl methyl sites for hydroxylation is 1. The molecular weight excluding hydrogens is 318 g/mol. The maximum atomic E-state index is 11.8. The summed E-state index contributed by atoms with van der Waals surface area (Å²) in [5.41, 5.74) is 1.41. The first-order valence-electron chi connectivity index (χ1n) is 5.27. The van der Waals surface area contributed by atoms with Crippen LogP contribution in [0.15, 0.2) is 35.1 Å². The van der Waals surface area contributed by atoms with Gasteiger partial charge in [-0.25, -0.2) is 0 Å². The van der Waals surface area contributed by atoms with E-state index >= 15 is 0 Å². The van der Waals surface area contributed by atoms with Crippen molar-refractivity contribution in [3.63, 3.8) is 0 Å². The molecule has 1 aromatic heterocycles. The molecule has 0 fully saturated rings. The van der Waals surface area contributed by atoms with Crippen LogP contribution in [-0.4, -0.2) is 15.7 Å². The summed E-state index contributed by atoms with van der Waals surface area (Å²) >= 11 is 9.40. The number of nitrogens with one attached hydrogen (secondary N) is 1. The van der Waals surface area contributed by atoms with Crippen LogP contribution >= 0.6 is 27.5 Å². The molecule has 0 aliphatic heterocycles. The minimum Gasteiger partial charge on any atom is -0.348 e. The molecule has 0 atom stereocenters. The van der Waals surface area contributed by atoms with Gasteiger partial charge in [0.1, 0.15) is 0 Å². The minimum absolute atomic E-state index is 0.165. The second-order valence-corrected chi connectivity index (χ2v) is 5.14. The zero-order chi connectivity index (χ0) is 13.1. The van der Waals surface area contributed by atoms with Crippen LogP contribution in [0.2, 0.25) is 5.02 Å². The molecule has 0 saturated carbocycles. The van der Waals surface area contributed by atoms with Crippen LogP contribution in [0, 0.1) is 0 Å². The highest BCUT2D eigenvalue weighted by Gasteiger charge is 2.08. The molecule has 0 radical (unpaired) electrons. The number of carbonyl (C=O) groups is 1. The Hall–Kier alpha value is -1.33. The zero-order valence-electron chi connectivity index (χ0n) is 9.65. The monoisotopic (exact) mass is 327 g/mol. The van der Waals surface area contributed by atoms with Gasteiger partial charge in [-0.05, 0) is 17.7 Å². The third-order valence-electron chi connectivity index (χ3n) is 2.42. The first-order valence-corrected chi connectivity index (χ1v) is 6.44. The van der Waals surface area contributed by atoms with E-state index in [4.69, 9.17) is 11.6 Å². The predicted octanol–water partition coefficient (Wildman–Crippen LogP) is 2.77. The van der Waals surface area contributed by atoms with Crippen molar-refractivity contribution >= 4 is 33.4 Å². The Bertz CT molecular complexity index is 582. The quantitative estimate of drug-likeness (QED) is 0.942. The number of nitrogens with zero attached hydrogens (tertiary/aromatic N) is 2. The normalized spacial score (nSPS) is 10.4. The van der Waals surface area contributed by atoms with Crippen LogP contribution in [-0.2, 0) is 13.6 Å². The Morgan fingerprint density at radius 2 is 2.33 bits per heavy atom. The van der Waals surface area contributed by atoms with Gasteiger partial charge < -0.3 is 5.32 Å². The van der Waals surface area contributed by atoms with E-state index in [1.165, 1.54) is 6.20 Å². The van der Waals surface area contributed by atoms with Crippen LogP contribution in [0.4, 0.5) is 0 Å². The lowest BCUT2D eigenvalue weighted by molar-refractivity contribution is 0.0951. The lowest BCUT2D eigenvalue weighted by atomic mass is 10.2. The van der Waals surface area contributed by atoms with E-state index in [-0.39, 0.29) is 5.91 Å². The number of amides is 1. The number of hydrogen-bond acceptors (Lipinski definition) is 2. The number of halogens is 2. The zero-order valence-corrected chi connectivity index (χ0v) is 12.0. The lowest BCUT2D eigenvalue weighted by Crippen LogP contribution is -2.22. The number of hydrogen-bond donors (Lipinski definition) is 1. The van der Waals surface area contributed by atoms with Gasteiger partial charge in [-0.2, -0.15) is 5.10 Å². The van der Waals surface area contributed by atoms with Crippen molar-refractivity contribution in [2.24, 2.45) is 7.05 Å². The van der Waals surface area contributed by atoms with Crippen molar-refractivity contribution < 1.29 is 4.79 Å². The average Bonchev–Trinajstić information content (AvgIpc) is 2.74. The average molecular weight is 329 g/mol. The summed E-state index contributed by atoms with van der Waals surface area (Å²) in [5.74, 6) is -0.165. The molecule has 1 amide bonds. The molecule has 0 spiro atoms. The van der Waals surface area contributed by atoms with Crippen LogP contribution in [0.25, 0.3) is 0 Å². The van der Waals surface area contributed by atoms with E-state index in [1.54, 1.807) is 24.0 Å². The van der Waals surface area contributed by atoms with Gasteiger partial charge in [-0.1, -0.05) is 33.6 Å². The first kappa shape index (κ1) is 13.1. The van der Waals surface area contributed by atoms with Crippen LogP contribution < -0.4 is 5.32 Å². The van der Waals surface area contributed by atoms with E-state index in [0.29, 0.717) is 17.1 Å². The predicted molar refractivity (Wildman–Crippen MR) is 73.5 cm³/mol. The molecule has 0 aliphatic carbocycles. The van der Waals surface area contributed by atoms with Crippen molar-refractivity contribution in [2.45, 2.75) is 6.54 Å². The highest BCUT2D eigenvalue weighted by atomic mass is 79.9. The fraction of sp³-hybridized carbons (Fsp3) is 0.167. The largest absolute Gasteiger partial charge is 0.348 e. The molecular formula is C12H11BrClN3O. The third kappa shape index (κ3) is 3.11. The summed E-state index contributed by atoms with van der Waals surface area (Å²) in [7, 11) is 1.77. The van der Waals surface area contributed by atoms with Crippen LogP contribution in [0.3, 0.4) is 0 Å². The summed E-state index contributed by atoms with van der Waals surface area (Å²) in [4.78, 5) is 11.8. The molecule has 1 aromatic carbocycles. The highest BCUT2D eigenvalue weighted by Crippen LogP contribution is 2.21. The number of carbonyl (C=O) groups excluding carboxylic acids is 1. The van der Waals surface area contributed by atoms with Gasteiger partial charge >= 0.3 is 0 Å². The van der Waals surface area contributed by atoms with Crippen LogP contribution in [0.5, 0.6) is 0 Å². The van der Waals surface area contributed by atoms with E-state index < -0.39 is 0 Å². The topological polar surface area (TPSA) is 46.9 Å². The van der Waals surface area contributed by atoms with Gasteiger partial charge in [0.2, 0.25) is 0 Å². The van der Waals surface area contributed by atoms with Crippen molar-refractivity contribution in [3.05, 3.63) is 51.2 Å². The van der Waals surface area contributed by atoms with E-state index in [0.717, 1.165) is 10.0 Å². The van der Waals surface area contributed by atoms with E-state index in [1.807, 2.05) is 12.1 Å². The summed E-state index contributed by atoms with van der Waals surface area (Å²) < 4.78 is 2.50. The highest BCUT2D eigenvalue weighted by molar-refractivity contribution is 9.10. The molecule has 0 unspecified atom stereocenters. The van der Waals surface area contributed by atoms with Crippen molar-refractivity contribution in [1.29, 1.82) is 0 Å². The van der Waals surface area contributed by atoms with Gasteiger partial charge in [0, 0.05) is 29.3 Å². The molecule has 1 N–H and O–H groups in total. The Kier molecular flexibility index (Phi) is 4.04. The second kappa shape index (κ2) is 5.54. The number of rotatable bonds is 3. The molecule has 4 nitrogen and oxygen atoms in total. The summed E-state index contributed by atoms with van der Waals surface area (Å²) in [6.07, 6.45) is 3.19. The summed E-state index contributed by atoms with van der Waals surface area (Å²) in [6, 6.07) is 5.56. The Labute approximate surface area is 118 Å². The molecule has 2 aromatic rings. The number of benzene rings is 1. The van der Waals surface area contributed by atoms with Crippen molar-refractivity contribution in [1.82, 2.24) is 15.1 Å². The Morgan fingerprint density at radius 3 is 2.94 bits per heavy atom. The van der Waals surface area contributed by atoms with E-state index in [9.17, 15) is 4.79 Å².